The summed E-state index contributed by atoms with van der Waals surface area (Å²) in [5.74, 6) is -0.502. The van der Waals surface area contributed by atoms with Gasteiger partial charge in [0.25, 0.3) is 0 Å². The first-order valence-electron chi connectivity index (χ1n) is 4.93. The molecule has 90 valence electrons. The number of aliphatic hydroxyl groups excluding tert-OH is 1. The van der Waals surface area contributed by atoms with E-state index in [1.165, 1.54) is 6.92 Å². The molecular formula is C9H19NO4S. The lowest BCUT2D eigenvalue weighted by Gasteiger charge is -2.18. The molecule has 2 unspecified atom stereocenters. The molecule has 15 heavy (non-hydrogen) atoms. The summed E-state index contributed by atoms with van der Waals surface area (Å²) in [5.41, 5.74) is 0. The number of rotatable bonds is 6. The van der Waals surface area contributed by atoms with E-state index in [0.717, 1.165) is 6.26 Å². The van der Waals surface area contributed by atoms with Crippen LogP contribution in [0.1, 0.15) is 26.7 Å². The SMILES string of the molecule is CCC(CCO)NC(=O)C(C)S(C)(=O)=O. The summed E-state index contributed by atoms with van der Waals surface area (Å²) >= 11 is 0. The van der Waals surface area contributed by atoms with Crippen LogP contribution in [0.2, 0.25) is 0 Å². The Kier molecular flexibility index (Phi) is 5.82. The Morgan fingerprint density at radius 2 is 2.00 bits per heavy atom. The smallest absolute Gasteiger partial charge is 0.238 e. The summed E-state index contributed by atoms with van der Waals surface area (Å²) in [6.45, 7) is 3.20. The number of carbonyl (C=O) groups excluding carboxylic acids is 1. The third-order valence-electron chi connectivity index (χ3n) is 2.33. The normalized spacial score (nSPS) is 15.7. The van der Waals surface area contributed by atoms with Crippen LogP contribution in [0.15, 0.2) is 0 Å². The van der Waals surface area contributed by atoms with Crippen LogP contribution in [0, 0.1) is 0 Å². The van der Waals surface area contributed by atoms with Gasteiger partial charge in [-0.1, -0.05) is 6.92 Å². The second kappa shape index (κ2) is 6.07. The van der Waals surface area contributed by atoms with Crippen molar-refractivity contribution in [1.82, 2.24) is 5.32 Å². The molecule has 0 aromatic carbocycles. The van der Waals surface area contributed by atoms with Crippen LogP contribution in [-0.4, -0.2) is 43.6 Å². The molecule has 0 saturated carbocycles. The molecule has 5 nitrogen and oxygen atoms in total. The number of sulfone groups is 1. The maximum absolute atomic E-state index is 11.5. The van der Waals surface area contributed by atoms with Crippen molar-refractivity contribution < 1.29 is 18.3 Å². The van der Waals surface area contributed by atoms with Gasteiger partial charge in [0, 0.05) is 18.9 Å². The van der Waals surface area contributed by atoms with Crippen molar-refractivity contribution >= 4 is 15.7 Å². The van der Waals surface area contributed by atoms with Crippen LogP contribution < -0.4 is 5.32 Å². The number of nitrogens with one attached hydrogen (secondary N) is 1. The number of hydrogen-bond donors (Lipinski definition) is 2. The van der Waals surface area contributed by atoms with Gasteiger partial charge in [-0.2, -0.15) is 0 Å². The van der Waals surface area contributed by atoms with Crippen molar-refractivity contribution in [2.24, 2.45) is 0 Å². The predicted molar refractivity (Wildman–Crippen MR) is 58.2 cm³/mol. The minimum Gasteiger partial charge on any atom is -0.396 e. The summed E-state index contributed by atoms with van der Waals surface area (Å²) in [7, 11) is -3.35. The summed E-state index contributed by atoms with van der Waals surface area (Å²) in [5, 5.41) is 10.3. The van der Waals surface area contributed by atoms with E-state index in [1.54, 1.807) is 0 Å². The van der Waals surface area contributed by atoms with Gasteiger partial charge in [0.2, 0.25) is 5.91 Å². The molecule has 0 radical (unpaired) electrons. The Bertz CT molecular complexity index is 299. The third kappa shape index (κ3) is 5.13. The van der Waals surface area contributed by atoms with E-state index in [0.29, 0.717) is 12.8 Å². The molecule has 2 N–H and O–H groups in total. The van der Waals surface area contributed by atoms with E-state index in [9.17, 15) is 13.2 Å². The Morgan fingerprint density at radius 3 is 2.33 bits per heavy atom. The molecule has 0 spiro atoms. The molecule has 1 amide bonds. The van der Waals surface area contributed by atoms with Crippen molar-refractivity contribution in [3.8, 4) is 0 Å². The average Bonchev–Trinajstić information content (AvgIpc) is 2.14. The highest BCUT2D eigenvalue weighted by molar-refractivity contribution is 7.92. The van der Waals surface area contributed by atoms with E-state index in [4.69, 9.17) is 5.11 Å². The molecule has 6 heteroatoms. The Hall–Kier alpha value is -0.620. The Labute approximate surface area is 90.8 Å². The fourth-order valence-electron chi connectivity index (χ4n) is 1.05. The highest BCUT2D eigenvalue weighted by atomic mass is 32.2. The monoisotopic (exact) mass is 237 g/mol. The van der Waals surface area contributed by atoms with Gasteiger partial charge in [-0.05, 0) is 19.8 Å². The topological polar surface area (TPSA) is 83.5 Å². The Balaban J connectivity index is 4.35. The van der Waals surface area contributed by atoms with E-state index < -0.39 is 21.0 Å². The van der Waals surface area contributed by atoms with Crippen LogP contribution in [0.3, 0.4) is 0 Å². The van der Waals surface area contributed by atoms with Gasteiger partial charge in [-0.15, -0.1) is 0 Å². The molecule has 0 aromatic heterocycles. The number of aliphatic hydroxyl groups is 1. The van der Waals surface area contributed by atoms with Gasteiger partial charge < -0.3 is 10.4 Å². The second-order valence-corrected chi connectivity index (χ2v) is 5.96. The highest BCUT2D eigenvalue weighted by Gasteiger charge is 2.24. The number of carbonyl (C=O) groups is 1. The van der Waals surface area contributed by atoms with Crippen molar-refractivity contribution in [2.45, 2.75) is 38.0 Å². The fraction of sp³-hybridized carbons (Fsp3) is 0.889. The van der Waals surface area contributed by atoms with Crippen molar-refractivity contribution in [3.63, 3.8) is 0 Å². The van der Waals surface area contributed by atoms with Crippen LogP contribution >= 0.6 is 0 Å². The molecule has 0 saturated heterocycles. The standard InChI is InChI=1S/C9H19NO4S/c1-4-8(5-6-11)10-9(12)7(2)15(3,13)14/h7-8,11H,4-6H2,1-3H3,(H,10,12). The summed E-state index contributed by atoms with van der Waals surface area (Å²) < 4.78 is 22.2. The summed E-state index contributed by atoms with van der Waals surface area (Å²) in [4.78, 5) is 11.5. The van der Waals surface area contributed by atoms with Gasteiger partial charge in [-0.3, -0.25) is 4.79 Å². The van der Waals surface area contributed by atoms with Gasteiger partial charge in [0.05, 0.1) is 0 Å². The van der Waals surface area contributed by atoms with Crippen molar-refractivity contribution in [3.05, 3.63) is 0 Å². The maximum Gasteiger partial charge on any atom is 0.238 e. The van der Waals surface area contributed by atoms with E-state index in [2.05, 4.69) is 5.32 Å². The predicted octanol–water partition coefficient (Wildman–Crippen LogP) is -0.303. The lowest BCUT2D eigenvalue weighted by molar-refractivity contribution is -0.121. The fourth-order valence-corrected chi connectivity index (χ4v) is 1.50. The molecule has 0 aliphatic carbocycles. The first kappa shape index (κ1) is 14.4. The zero-order chi connectivity index (χ0) is 12.1. The van der Waals surface area contributed by atoms with Gasteiger partial charge in [0.1, 0.15) is 5.25 Å². The average molecular weight is 237 g/mol. The van der Waals surface area contributed by atoms with Gasteiger partial charge in [0.15, 0.2) is 9.84 Å². The molecule has 0 rings (SSSR count). The number of hydrogen-bond acceptors (Lipinski definition) is 4. The third-order valence-corrected chi connectivity index (χ3v) is 3.83. The summed E-state index contributed by atoms with van der Waals surface area (Å²) in [6, 6.07) is -0.160. The second-order valence-electron chi connectivity index (χ2n) is 3.60. The largest absolute Gasteiger partial charge is 0.396 e. The molecule has 0 heterocycles. The lowest BCUT2D eigenvalue weighted by Crippen LogP contribution is -2.43. The van der Waals surface area contributed by atoms with Gasteiger partial charge >= 0.3 is 0 Å². The van der Waals surface area contributed by atoms with Gasteiger partial charge in [-0.25, -0.2) is 8.42 Å². The molecule has 0 aromatic rings. The molecule has 0 bridgehead atoms. The van der Waals surface area contributed by atoms with E-state index in [1.807, 2.05) is 6.92 Å². The van der Waals surface area contributed by atoms with Crippen LogP contribution in [-0.2, 0) is 14.6 Å². The minimum atomic E-state index is -3.35. The molecule has 2 atom stereocenters. The Morgan fingerprint density at radius 1 is 1.47 bits per heavy atom. The molecular weight excluding hydrogens is 218 g/mol. The lowest BCUT2D eigenvalue weighted by atomic mass is 10.1. The zero-order valence-electron chi connectivity index (χ0n) is 9.36. The number of amides is 1. The first-order chi connectivity index (χ1) is 6.82. The highest BCUT2D eigenvalue weighted by Crippen LogP contribution is 2.02. The van der Waals surface area contributed by atoms with Crippen LogP contribution in [0.5, 0.6) is 0 Å². The minimum absolute atomic E-state index is 0.0218. The van der Waals surface area contributed by atoms with Crippen LogP contribution in [0.4, 0.5) is 0 Å². The molecule has 0 aliphatic heterocycles. The molecule has 0 fully saturated rings. The first-order valence-corrected chi connectivity index (χ1v) is 6.88. The van der Waals surface area contributed by atoms with Crippen LogP contribution in [0.25, 0.3) is 0 Å². The quantitative estimate of drug-likeness (QED) is 0.664. The summed E-state index contributed by atoms with van der Waals surface area (Å²) in [6.07, 6.45) is 2.14. The van der Waals surface area contributed by atoms with E-state index >= 15 is 0 Å². The maximum atomic E-state index is 11.5. The van der Waals surface area contributed by atoms with Crippen molar-refractivity contribution in [1.29, 1.82) is 0 Å². The molecule has 0 aliphatic rings. The van der Waals surface area contributed by atoms with E-state index in [-0.39, 0.29) is 12.6 Å². The zero-order valence-corrected chi connectivity index (χ0v) is 10.2. The van der Waals surface area contributed by atoms with Crippen molar-refractivity contribution in [2.75, 3.05) is 12.9 Å².